The van der Waals surface area contributed by atoms with Gasteiger partial charge in [0.15, 0.2) is 0 Å². The molecule has 21 heavy (non-hydrogen) atoms. The first kappa shape index (κ1) is 16.7. The van der Waals surface area contributed by atoms with E-state index in [2.05, 4.69) is 20.7 Å². The smallest absolute Gasteiger partial charge is 0.265 e. The maximum Gasteiger partial charge on any atom is 0.265 e. The lowest BCUT2D eigenvalue weighted by atomic mass is 10.3. The second-order valence-corrected chi connectivity index (χ2v) is 7.75. The molecule has 0 saturated heterocycles. The zero-order chi connectivity index (χ0) is 15.8. The van der Waals surface area contributed by atoms with E-state index >= 15 is 0 Å². The highest BCUT2D eigenvalue weighted by atomic mass is 79.9. The van der Waals surface area contributed by atoms with Gasteiger partial charge in [0.2, 0.25) is 0 Å². The molecule has 0 bridgehead atoms. The quantitative estimate of drug-likeness (QED) is 0.678. The first-order chi connectivity index (χ1) is 9.70. The summed E-state index contributed by atoms with van der Waals surface area (Å²) in [6.07, 6.45) is 0. The van der Waals surface area contributed by atoms with Crippen molar-refractivity contribution in [3.8, 4) is 5.75 Å². The van der Waals surface area contributed by atoms with Crippen LogP contribution in [0.25, 0.3) is 0 Å². The number of rotatable bonds is 3. The van der Waals surface area contributed by atoms with E-state index in [0.29, 0.717) is 4.47 Å². The van der Waals surface area contributed by atoms with Crippen LogP contribution in [0.5, 0.6) is 5.75 Å². The van der Waals surface area contributed by atoms with Gasteiger partial charge in [0.1, 0.15) is 10.6 Å². The van der Waals surface area contributed by atoms with Crippen LogP contribution < -0.4 is 4.72 Å². The van der Waals surface area contributed by atoms with Crippen molar-refractivity contribution in [3.05, 3.63) is 49.9 Å². The average Bonchev–Trinajstić information content (AvgIpc) is 2.30. The van der Waals surface area contributed by atoms with Crippen LogP contribution in [-0.4, -0.2) is 13.5 Å². The van der Waals surface area contributed by atoms with Gasteiger partial charge in [-0.2, -0.15) is 0 Å². The van der Waals surface area contributed by atoms with Gasteiger partial charge in [-0.3, -0.25) is 4.72 Å². The van der Waals surface area contributed by atoms with Crippen molar-refractivity contribution in [2.75, 3.05) is 4.72 Å². The van der Waals surface area contributed by atoms with Crippen LogP contribution >= 0.6 is 50.7 Å². The van der Waals surface area contributed by atoms with Crippen LogP contribution in [0.2, 0.25) is 15.1 Å². The summed E-state index contributed by atoms with van der Waals surface area (Å²) in [6, 6.07) is 6.79. The number of anilines is 1. The van der Waals surface area contributed by atoms with Crippen LogP contribution in [0.1, 0.15) is 0 Å². The van der Waals surface area contributed by atoms with Crippen molar-refractivity contribution in [3.63, 3.8) is 0 Å². The fourth-order valence-electron chi connectivity index (χ4n) is 1.57. The number of nitrogens with one attached hydrogen (secondary N) is 1. The Hall–Kier alpha value is -0.660. The molecule has 0 saturated carbocycles. The monoisotopic (exact) mass is 429 g/mol. The molecule has 2 rings (SSSR count). The van der Waals surface area contributed by atoms with E-state index in [1.807, 2.05) is 0 Å². The SMILES string of the molecule is O=S(=O)(Nc1ccc(Cl)cc1O)c1c(Cl)cc(Br)cc1Cl. The molecule has 0 aliphatic carbocycles. The third-order valence-electron chi connectivity index (χ3n) is 2.44. The van der Waals surface area contributed by atoms with E-state index in [1.54, 1.807) is 0 Å². The van der Waals surface area contributed by atoms with Gasteiger partial charge in [-0.25, -0.2) is 8.42 Å². The molecule has 2 aromatic rings. The summed E-state index contributed by atoms with van der Waals surface area (Å²) in [6.45, 7) is 0. The van der Waals surface area contributed by atoms with E-state index < -0.39 is 10.0 Å². The summed E-state index contributed by atoms with van der Waals surface area (Å²) < 4.78 is 27.5. The highest BCUT2D eigenvalue weighted by Gasteiger charge is 2.23. The Labute approximate surface area is 144 Å². The summed E-state index contributed by atoms with van der Waals surface area (Å²) in [5.74, 6) is -0.310. The number of phenols is 1. The molecule has 4 nitrogen and oxygen atoms in total. The third-order valence-corrected chi connectivity index (χ3v) is 5.42. The van der Waals surface area contributed by atoms with Crippen molar-refractivity contribution >= 4 is 66.4 Å². The molecule has 0 spiro atoms. The molecular formula is C12H7BrCl3NO3S. The molecule has 0 fully saturated rings. The van der Waals surface area contributed by atoms with Crippen LogP contribution in [0.15, 0.2) is 39.7 Å². The molecule has 0 aromatic heterocycles. The molecule has 0 aliphatic heterocycles. The Kier molecular flexibility index (Phi) is 4.95. The van der Waals surface area contributed by atoms with Crippen molar-refractivity contribution < 1.29 is 13.5 Å². The predicted molar refractivity (Wildman–Crippen MR) is 88.1 cm³/mol. The standard InChI is InChI=1S/C12H7BrCl3NO3S/c13-6-3-8(15)12(9(16)4-6)21(19,20)17-10-2-1-7(14)5-11(10)18/h1-5,17-18H. The number of aromatic hydroxyl groups is 1. The summed E-state index contributed by atoms with van der Waals surface area (Å²) >= 11 is 20.7. The first-order valence-corrected chi connectivity index (χ1v) is 8.77. The van der Waals surface area contributed by atoms with Crippen molar-refractivity contribution in [2.45, 2.75) is 4.90 Å². The Bertz CT molecular complexity index is 788. The number of sulfonamides is 1. The lowest BCUT2D eigenvalue weighted by molar-refractivity contribution is 0.477. The van der Waals surface area contributed by atoms with E-state index in [4.69, 9.17) is 34.8 Å². The lowest BCUT2D eigenvalue weighted by Crippen LogP contribution is -2.14. The van der Waals surface area contributed by atoms with Gasteiger partial charge in [0.05, 0.1) is 15.7 Å². The molecule has 0 atom stereocenters. The van der Waals surface area contributed by atoms with E-state index in [1.165, 1.54) is 30.3 Å². The Morgan fingerprint density at radius 1 is 1.05 bits per heavy atom. The van der Waals surface area contributed by atoms with Gasteiger partial charge in [-0.15, -0.1) is 0 Å². The van der Waals surface area contributed by atoms with Crippen molar-refractivity contribution in [1.82, 2.24) is 0 Å². The number of halogens is 4. The molecule has 9 heteroatoms. The fraction of sp³-hybridized carbons (Fsp3) is 0. The normalized spacial score (nSPS) is 11.4. The molecule has 0 unspecified atom stereocenters. The van der Waals surface area contributed by atoms with E-state index in [9.17, 15) is 13.5 Å². The highest BCUT2D eigenvalue weighted by Crippen LogP contribution is 2.35. The maximum absolute atomic E-state index is 12.4. The van der Waals surface area contributed by atoms with Gasteiger partial charge in [0, 0.05) is 15.6 Å². The molecular weight excluding hydrogens is 424 g/mol. The van der Waals surface area contributed by atoms with E-state index in [0.717, 1.165) is 0 Å². The third kappa shape index (κ3) is 3.76. The lowest BCUT2D eigenvalue weighted by Gasteiger charge is -2.12. The summed E-state index contributed by atoms with van der Waals surface area (Å²) in [4.78, 5) is -0.275. The topological polar surface area (TPSA) is 66.4 Å². The van der Waals surface area contributed by atoms with Crippen LogP contribution in [0.4, 0.5) is 5.69 Å². The molecule has 0 heterocycles. The maximum atomic E-state index is 12.4. The van der Waals surface area contributed by atoms with Gasteiger partial charge >= 0.3 is 0 Å². The number of hydrogen-bond acceptors (Lipinski definition) is 3. The molecule has 0 aliphatic rings. The first-order valence-electron chi connectivity index (χ1n) is 5.36. The molecule has 2 aromatic carbocycles. The van der Waals surface area contributed by atoms with Crippen LogP contribution in [0, 0.1) is 0 Å². The predicted octanol–water partition coefficient (Wildman–Crippen LogP) is 4.92. The van der Waals surface area contributed by atoms with Crippen molar-refractivity contribution in [2.24, 2.45) is 0 Å². The van der Waals surface area contributed by atoms with Gasteiger partial charge in [0.25, 0.3) is 10.0 Å². The molecule has 0 amide bonds. The minimum atomic E-state index is -4.06. The Morgan fingerprint density at radius 2 is 1.62 bits per heavy atom. The molecule has 0 radical (unpaired) electrons. The second kappa shape index (κ2) is 6.22. The van der Waals surface area contributed by atoms with Gasteiger partial charge < -0.3 is 5.11 Å². The molecule has 112 valence electrons. The zero-order valence-corrected chi connectivity index (χ0v) is 14.7. The van der Waals surface area contributed by atoms with E-state index in [-0.39, 0.29) is 31.4 Å². The van der Waals surface area contributed by atoms with Crippen LogP contribution in [0.3, 0.4) is 0 Å². The second-order valence-electron chi connectivity index (χ2n) is 3.97. The van der Waals surface area contributed by atoms with Crippen LogP contribution in [-0.2, 0) is 10.0 Å². The Balaban J connectivity index is 2.48. The number of hydrogen-bond donors (Lipinski definition) is 2. The summed E-state index contributed by atoms with van der Waals surface area (Å²) in [7, 11) is -4.06. The van der Waals surface area contributed by atoms with Crippen molar-refractivity contribution in [1.29, 1.82) is 0 Å². The molecule has 2 N–H and O–H groups in total. The zero-order valence-electron chi connectivity index (χ0n) is 10.1. The fourth-order valence-corrected chi connectivity index (χ4v) is 4.75. The van der Waals surface area contributed by atoms with Gasteiger partial charge in [-0.1, -0.05) is 50.7 Å². The minimum absolute atomic E-state index is 0.0329. The number of benzene rings is 2. The average molecular weight is 432 g/mol. The summed E-state index contributed by atoms with van der Waals surface area (Å²) in [5.41, 5.74) is -0.0329. The van der Waals surface area contributed by atoms with Gasteiger partial charge in [-0.05, 0) is 24.3 Å². The summed E-state index contributed by atoms with van der Waals surface area (Å²) in [5, 5.41) is 9.88. The number of phenolic OH excluding ortho intramolecular Hbond substituents is 1. The Morgan fingerprint density at radius 3 is 2.14 bits per heavy atom. The largest absolute Gasteiger partial charge is 0.506 e. The highest BCUT2D eigenvalue weighted by molar-refractivity contribution is 9.10. The minimum Gasteiger partial charge on any atom is -0.506 e.